The van der Waals surface area contributed by atoms with Gasteiger partial charge in [-0.3, -0.25) is 10.1 Å². The quantitative estimate of drug-likeness (QED) is 0.650. The van der Waals surface area contributed by atoms with E-state index in [1.807, 2.05) is 61.6 Å². The van der Waals surface area contributed by atoms with Crippen molar-refractivity contribution in [3.63, 3.8) is 0 Å². The summed E-state index contributed by atoms with van der Waals surface area (Å²) in [6.07, 6.45) is 2.50. The summed E-state index contributed by atoms with van der Waals surface area (Å²) in [6.45, 7) is 3.91. The molecule has 3 aromatic rings. The average molecular weight is 361 g/mol. The van der Waals surface area contributed by atoms with Gasteiger partial charge in [0.1, 0.15) is 18.7 Å². The first-order chi connectivity index (χ1) is 13.2. The maximum Gasteiger partial charge on any atom is 0.250 e. The fourth-order valence-corrected chi connectivity index (χ4v) is 2.29. The first kappa shape index (κ1) is 18.1. The fraction of sp³-hybridized carbons (Fsp3) is 0.100. The molecule has 1 amide bonds. The molecule has 7 nitrogen and oxygen atoms in total. The lowest BCUT2D eigenvalue weighted by molar-refractivity contribution is -0.111. The average Bonchev–Trinajstić information content (AvgIpc) is 2.73. The molecule has 3 rings (SSSR count). The van der Waals surface area contributed by atoms with Gasteiger partial charge in [-0.1, -0.05) is 36.9 Å². The van der Waals surface area contributed by atoms with Crippen LogP contribution in [0.25, 0.3) is 0 Å². The zero-order chi connectivity index (χ0) is 19.1. The first-order valence-corrected chi connectivity index (χ1v) is 8.28. The van der Waals surface area contributed by atoms with Crippen molar-refractivity contribution >= 4 is 23.5 Å². The van der Waals surface area contributed by atoms with Crippen molar-refractivity contribution in [1.82, 2.24) is 15.0 Å². The molecule has 0 saturated carbocycles. The first-order valence-electron chi connectivity index (χ1n) is 8.28. The van der Waals surface area contributed by atoms with Crippen molar-refractivity contribution < 1.29 is 9.53 Å². The van der Waals surface area contributed by atoms with Gasteiger partial charge in [0.25, 0.3) is 0 Å². The molecular weight excluding hydrogens is 342 g/mol. The van der Waals surface area contributed by atoms with Crippen LogP contribution in [0.4, 0.5) is 17.6 Å². The second-order valence-corrected chi connectivity index (χ2v) is 5.63. The van der Waals surface area contributed by atoms with E-state index in [0.29, 0.717) is 12.6 Å². The zero-order valence-corrected chi connectivity index (χ0v) is 14.9. The van der Waals surface area contributed by atoms with Gasteiger partial charge in [-0.15, -0.1) is 0 Å². The number of ether oxygens (including phenoxy) is 1. The van der Waals surface area contributed by atoms with Crippen molar-refractivity contribution in [1.29, 1.82) is 0 Å². The van der Waals surface area contributed by atoms with Crippen molar-refractivity contribution in [3.8, 4) is 5.75 Å². The molecule has 0 aliphatic heterocycles. The molecule has 0 bridgehead atoms. The van der Waals surface area contributed by atoms with Crippen LogP contribution >= 0.6 is 0 Å². The SMILES string of the molecule is C=CC(=O)Nc1ncnc(N(C)c2ccc(OCc3ccccc3)cc2)n1. The number of amides is 1. The van der Waals surface area contributed by atoms with Gasteiger partial charge < -0.3 is 9.64 Å². The highest BCUT2D eigenvalue weighted by Crippen LogP contribution is 2.23. The van der Waals surface area contributed by atoms with Crippen LogP contribution in [0.5, 0.6) is 5.75 Å². The molecule has 0 atom stereocenters. The van der Waals surface area contributed by atoms with Gasteiger partial charge in [0.2, 0.25) is 17.8 Å². The number of rotatable bonds is 7. The number of nitrogens with zero attached hydrogens (tertiary/aromatic N) is 4. The van der Waals surface area contributed by atoms with E-state index in [2.05, 4.69) is 26.8 Å². The van der Waals surface area contributed by atoms with Crippen molar-refractivity contribution in [3.05, 3.63) is 79.1 Å². The summed E-state index contributed by atoms with van der Waals surface area (Å²) in [7, 11) is 1.83. The van der Waals surface area contributed by atoms with Crippen LogP contribution in [-0.2, 0) is 11.4 Å². The number of hydrogen-bond donors (Lipinski definition) is 1. The lowest BCUT2D eigenvalue weighted by Gasteiger charge is -2.17. The van der Waals surface area contributed by atoms with Crippen LogP contribution in [0.2, 0.25) is 0 Å². The summed E-state index contributed by atoms with van der Waals surface area (Å²) >= 11 is 0. The number of aromatic nitrogens is 3. The number of benzene rings is 2. The maximum atomic E-state index is 11.4. The smallest absolute Gasteiger partial charge is 0.250 e. The zero-order valence-electron chi connectivity index (χ0n) is 14.9. The Morgan fingerprint density at radius 1 is 1.15 bits per heavy atom. The molecule has 0 aliphatic rings. The lowest BCUT2D eigenvalue weighted by atomic mass is 10.2. The summed E-state index contributed by atoms with van der Waals surface area (Å²) < 4.78 is 5.79. The minimum Gasteiger partial charge on any atom is -0.489 e. The summed E-state index contributed by atoms with van der Waals surface area (Å²) in [6, 6.07) is 17.6. The molecule has 0 radical (unpaired) electrons. The van der Waals surface area contributed by atoms with Crippen LogP contribution in [0.1, 0.15) is 5.56 Å². The second-order valence-electron chi connectivity index (χ2n) is 5.63. The third-order valence-electron chi connectivity index (χ3n) is 3.75. The molecule has 0 saturated heterocycles. The summed E-state index contributed by atoms with van der Waals surface area (Å²) in [5.74, 6) is 0.960. The monoisotopic (exact) mass is 361 g/mol. The van der Waals surface area contributed by atoms with E-state index < -0.39 is 0 Å². The van der Waals surface area contributed by atoms with Gasteiger partial charge in [0.05, 0.1) is 0 Å². The van der Waals surface area contributed by atoms with Gasteiger partial charge >= 0.3 is 0 Å². The number of nitrogens with one attached hydrogen (secondary N) is 1. The molecule has 0 spiro atoms. The van der Waals surface area contributed by atoms with Gasteiger partial charge in [-0.25, -0.2) is 9.97 Å². The number of anilines is 3. The third-order valence-corrected chi connectivity index (χ3v) is 3.75. The largest absolute Gasteiger partial charge is 0.489 e. The molecule has 0 aliphatic carbocycles. The molecule has 1 heterocycles. The van der Waals surface area contributed by atoms with E-state index in [9.17, 15) is 4.79 Å². The van der Waals surface area contributed by atoms with Gasteiger partial charge in [0, 0.05) is 12.7 Å². The van der Waals surface area contributed by atoms with Crippen LogP contribution < -0.4 is 15.0 Å². The van der Waals surface area contributed by atoms with E-state index >= 15 is 0 Å². The Hall–Kier alpha value is -3.74. The molecular formula is C20H19N5O2. The van der Waals surface area contributed by atoms with E-state index in [1.165, 1.54) is 6.33 Å². The van der Waals surface area contributed by atoms with Crippen molar-refractivity contribution in [2.45, 2.75) is 6.61 Å². The Morgan fingerprint density at radius 3 is 2.59 bits per heavy atom. The Morgan fingerprint density at radius 2 is 1.89 bits per heavy atom. The number of carbonyl (C=O) groups is 1. The van der Waals surface area contributed by atoms with Crippen LogP contribution in [-0.4, -0.2) is 27.9 Å². The lowest BCUT2D eigenvalue weighted by Crippen LogP contribution is -2.16. The topological polar surface area (TPSA) is 80.2 Å². The van der Waals surface area contributed by atoms with E-state index in [0.717, 1.165) is 23.1 Å². The molecule has 1 aromatic heterocycles. The Balaban J connectivity index is 1.66. The van der Waals surface area contributed by atoms with Gasteiger partial charge in [-0.2, -0.15) is 4.98 Å². The maximum absolute atomic E-state index is 11.4. The van der Waals surface area contributed by atoms with E-state index in [4.69, 9.17) is 4.74 Å². The predicted molar refractivity (Wildman–Crippen MR) is 104 cm³/mol. The summed E-state index contributed by atoms with van der Waals surface area (Å²) in [5.41, 5.74) is 1.98. The normalized spacial score (nSPS) is 10.1. The van der Waals surface area contributed by atoms with E-state index in [-0.39, 0.29) is 11.9 Å². The molecule has 0 unspecified atom stereocenters. The van der Waals surface area contributed by atoms with Crippen LogP contribution in [0.3, 0.4) is 0 Å². The number of carbonyl (C=O) groups excluding carboxylic acids is 1. The molecule has 136 valence electrons. The molecule has 7 heteroatoms. The van der Waals surface area contributed by atoms with Crippen LogP contribution in [0.15, 0.2) is 73.6 Å². The Bertz CT molecular complexity index is 913. The van der Waals surface area contributed by atoms with Crippen molar-refractivity contribution in [2.75, 3.05) is 17.3 Å². The minimum atomic E-state index is -0.380. The van der Waals surface area contributed by atoms with E-state index in [1.54, 1.807) is 4.90 Å². The van der Waals surface area contributed by atoms with Crippen molar-refractivity contribution in [2.24, 2.45) is 0 Å². The minimum absolute atomic E-state index is 0.166. The van der Waals surface area contributed by atoms with Crippen LogP contribution in [0, 0.1) is 0 Å². The molecule has 27 heavy (non-hydrogen) atoms. The van der Waals surface area contributed by atoms with Gasteiger partial charge in [-0.05, 0) is 35.9 Å². The molecule has 2 aromatic carbocycles. The summed E-state index contributed by atoms with van der Waals surface area (Å²) in [4.78, 5) is 25.5. The third kappa shape index (κ3) is 4.88. The Labute approximate surface area is 157 Å². The number of hydrogen-bond acceptors (Lipinski definition) is 6. The Kier molecular flexibility index (Phi) is 5.73. The highest BCUT2D eigenvalue weighted by atomic mass is 16.5. The standard InChI is InChI=1S/C20H19N5O2/c1-3-18(26)23-19-21-14-22-20(24-19)25(2)16-9-11-17(12-10-16)27-13-15-7-5-4-6-8-15/h3-12,14H,1,13H2,2H3,(H,21,22,23,24,26). The highest BCUT2D eigenvalue weighted by Gasteiger charge is 2.10. The molecule has 0 fully saturated rings. The fourth-order valence-electron chi connectivity index (χ4n) is 2.29. The second kappa shape index (κ2) is 8.57. The predicted octanol–water partition coefficient (Wildman–Crippen LogP) is 3.34. The molecule has 1 N–H and O–H groups in total. The van der Waals surface area contributed by atoms with Gasteiger partial charge in [0.15, 0.2) is 0 Å². The highest BCUT2D eigenvalue weighted by molar-refractivity contribution is 5.97. The summed E-state index contributed by atoms with van der Waals surface area (Å²) in [5, 5.41) is 2.51.